The van der Waals surface area contributed by atoms with E-state index in [4.69, 9.17) is 4.74 Å². The zero-order valence-corrected chi connectivity index (χ0v) is 53.6. The van der Waals surface area contributed by atoms with Gasteiger partial charge in [-0.2, -0.15) is 0 Å². The number of rotatable bonds is 68. The summed E-state index contributed by atoms with van der Waals surface area (Å²) in [6, 6.07) is -0.626. The van der Waals surface area contributed by atoms with E-state index in [9.17, 15) is 19.8 Å². The summed E-state index contributed by atoms with van der Waals surface area (Å²) in [5.74, 6) is -0.0451. The number of carbonyl (C=O) groups is 2. The number of amides is 1. The maximum Gasteiger partial charge on any atom is 0.305 e. The van der Waals surface area contributed by atoms with Crippen LogP contribution in [0, 0.1) is 0 Å². The van der Waals surface area contributed by atoms with Crippen molar-refractivity contribution in [1.29, 1.82) is 0 Å². The zero-order chi connectivity index (χ0) is 57.1. The first kappa shape index (κ1) is 77.3. The molecule has 2 atom stereocenters. The Morgan fingerprint density at radius 1 is 0.342 bits per heavy atom. The van der Waals surface area contributed by atoms with E-state index in [1.54, 1.807) is 6.08 Å². The third-order valence-electron chi connectivity index (χ3n) is 17.0. The van der Waals surface area contributed by atoms with Gasteiger partial charge in [0.1, 0.15) is 0 Å². The summed E-state index contributed by atoms with van der Waals surface area (Å²) < 4.78 is 5.51. The minimum Gasteiger partial charge on any atom is -0.466 e. The molecule has 0 aromatic carbocycles. The number of hydrogen-bond donors (Lipinski definition) is 3. The highest BCUT2D eigenvalue weighted by Gasteiger charge is 2.18. The first-order valence-corrected chi connectivity index (χ1v) is 36.1. The summed E-state index contributed by atoms with van der Waals surface area (Å²) in [6.45, 7) is 4.94. The van der Waals surface area contributed by atoms with Gasteiger partial charge in [0.2, 0.25) is 5.91 Å². The molecule has 0 heterocycles. The molecule has 6 nitrogen and oxygen atoms in total. The highest BCUT2D eigenvalue weighted by Crippen LogP contribution is 2.19. The van der Waals surface area contributed by atoms with Crippen LogP contribution in [0.15, 0.2) is 24.3 Å². The molecule has 1 amide bonds. The van der Waals surface area contributed by atoms with Crippen LogP contribution in [0.2, 0.25) is 0 Å². The Morgan fingerprint density at radius 2 is 0.595 bits per heavy atom. The fourth-order valence-corrected chi connectivity index (χ4v) is 11.5. The summed E-state index contributed by atoms with van der Waals surface area (Å²) in [5, 5.41) is 23.2. The van der Waals surface area contributed by atoms with Crippen molar-refractivity contribution in [1.82, 2.24) is 5.32 Å². The fourth-order valence-electron chi connectivity index (χ4n) is 11.5. The highest BCUT2D eigenvalue weighted by atomic mass is 16.5. The molecule has 0 fully saturated rings. The van der Waals surface area contributed by atoms with Crippen molar-refractivity contribution >= 4 is 11.9 Å². The first-order chi connectivity index (χ1) is 39.0. The fraction of sp³-hybridized carbons (Fsp3) is 0.918. The predicted molar refractivity (Wildman–Crippen MR) is 347 cm³/mol. The standard InChI is InChI=1S/C73H141NO5/c1-3-5-7-9-11-13-15-17-19-21-30-35-39-43-47-51-55-59-63-67-73(78)79-68-64-60-56-52-48-44-40-36-32-29-27-25-23-22-24-26-28-31-34-38-42-46-50-54-58-62-66-72(77)74-70(69-75)71(76)65-61-57-53-49-45-41-37-33-20-18-16-14-12-10-8-6-4-2/h17,19,61,65,70-71,75-76H,3-16,18,20-60,62-64,66-69H2,1-2H3,(H,74,77)/b19-17-,65-61+. The lowest BCUT2D eigenvalue weighted by atomic mass is 10.0. The molecule has 0 aliphatic rings. The highest BCUT2D eigenvalue weighted by molar-refractivity contribution is 5.76. The smallest absolute Gasteiger partial charge is 0.305 e. The Labute approximate surface area is 494 Å². The Bertz CT molecular complexity index is 1230. The minimum atomic E-state index is -0.843. The molecule has 0 aliphatic heterocycles. The lowest BCUT2D eigenvalue weighted by Gasteiger charge is -2.20. The number of aliphatic hydroxyl groups excluding tert-OH is 2. The van der Waals surface area contributed by atoms with Crippen LogP contribution in [-0.2, 0) is 14.3 Å². The van der Waals surface area contributed by atoms with Gasteiger partial charge in [0.05, 0.1) is 25.4 Å². The maximum absolute atomic E-state index is 12.5. The van der Waals surface area contributed by atoms with Crippen LogP contribution in [0.4, 0.5) is 0 Å². The van der Waals surface area contributed by atoms with E-state index in [1.807, 2.05) is 6.08 Å². The molecule has 6 heteroatoms. The van der Waals surface area contributed by atoms with E-state index in [1.165, 1.54) is 340 Å². The number of carbonyl (C=O) groups excluding carboxylic acids is 2. The van der Waals surface area contributed by atoms with Crippen molar-refractivity contribution in [3.05, 3.63) is 24.3 Å². The van der Waals surface area contributed by atoms with Gasteiger partial charge in [-0.15, -0.1) is 0 Å². The van der Waals surface area contributed by atoms with Gasteiger partial charge < -0.3 is 20.3 Å². The Morgan fingerprint density at radius 3 is 0.899 bits per heavy atom. The van der Waals surface area contributed by atoms with Crippen molar-refractivity contribution in [2.24, 2.45) is 0 Å². The van der Waals surface area contributed by atoms with E-state index >= 15 is 0 Å². The number of allylic oxidation sites excluding steroid dienone is 3. The Kier molecular flexibility index (Phi) is 67.4. The van der Waals surface area contributed by atoms with E-state index in [-0.39, 0.29) is 18.5 Å². The number of esters is 1. The lowest BCUT2D eigenvalue weighted by molar-refractivity contribution is -0.143. The zero-order valence-electron chi connectivity index (χ0n) is 53.6. The number of hydrogen-bond acceptors (Lipinski definition) is 5. The second-order valence-electron chi connectivity index (χ2n) is 24.9. The molecular formula is C73H141NO5. The second-order valence-corrected chi connectivity index (χ2v) is 24.9. The molecule has 2 unspecified atom stereocenters. The van der Waals surface area contributed by atoms with Crippen LogP contribution in [-0.4, -0.2) is 47.4 Å². The third kappa shape index (κ3) is 65.4. The number of ether oxygens (including phenoxy) is 1. The van der Waals surface area contributed by atoms with Crippen LogP contribution in [0.25, 0.3) is 0 Å². The molecule has 0 aliphatic carbocycles. The van der Waals surface area contributed by atoms with Gasteiger partial charge in [-0.1, -0.05) is 359 Å². The van der Waals surface area contributed by atoms with E-state index < -0.39 is 12.1 Å². The van der Waals surface area contributed by atoms with Crippen molar-refractivity contribution in [2.75, 3.05) is 13.2 Å². The average molecular weight is 1110 g/mol. The topological polar surface area (TPSA) is 95.9 Å². The summed E-state index contributed by atoms with van der Waals surface area (Å²) in [4.78, 5) is 24.6. The number of nitrogens with one attached hydrogen (secondary N) is 1. The summed E-state index contributed by atoms with van der Waals surface area (Å²) in [6.07, 6.45) is 86.9. The molecule has 0 saturated heterocycles. The molecule has 0 radical (unpaired) electrons. The molecule has 0 rings (SSSR count). The van der Waals surface area contributed by atoms with E-state index in [0.29, 0.717) is 19.4 Å². The molecule has 0 saturated carbocycles. The quantitative estimate of drug-likeness (QED) is 0.0320. The lowest BCUT2D eigenvalue weighted by Crippen LogP contribution is -2.45. The number of unbranched alkanes of at least 4 members (excludes halogenated alkanes) is 55. The van der Waals surface area contributed by atoms with Crippen LogP contribution < -0.4 is 5.32 Å². The number of aliphatic hydroxyl groups is 2. The van der Waals surface area contributed by atoms with Gasteiger partial charge in [0.25, 0.3) is 0 Å². The van der Waals surface area contributed by atoms with Crippen molar-refractivity contribution < 1.29 is 24.5 Å². The van der Waals surface area contributed by atoms with E-state index in [0.717, 1.165) is 38.5 Å². The van der Waals surface area contributed by atoms with Gasteiger partial charge in [-0.05, 0) is 57.8 Å². The average Bonchev–Trinajstić information content (AvgIpc) is 3.45. The van der Waals surface area contributed by atoms with Crippen molar-refractivity contribution in [2.45, 2.75) is 418 Å². The molecule has 468 valence electrons. The maximum atomic E-state index is 12.5. The predicted octanol–water partition coefficient (Wildman–Crippen LogP) is 23.3. The Balaban J connectivity index is 3.35. The summed E-state index contributed by atoms with van der Waals surface area (Å²) in [7, 11) is 0. The third-order valence-corrected chi connectivity index (χ3v) is 17.0. The largest absolute Gasteiger partial charge is 0.466 e. The molecule has 3 N–H and O–H groups in total. The molecule has 79 heavy (non-hydrogen) atoms. The SMILES string of the molecule is CCCCCCCC/C=C\CCCCCCCCCCCC(=O)OCCCCCCCCCCCCCCCCCCCCCCCCCCCCC(=O)NC(CO)C(O)/C=C/CCCCCCCCCCCCCCCCC. The van der Waals surface area contributed by atoms with Crippen molar-refractivity contribution in [3.8, 4) is 0 Å². The van der Waals surface area contributed by atoms with Gasteiger partial charge >= 0.3 is 5.97 Å². The van der Waals surface area contributed by atoms with Crippen LogP contribution >= 0.6 is 0 Å². The van der Waals surface area contributed by atoms with Crippen molar-refractivity contribution in [3.63, 3.8) is 0 Å². The van der Waals surface area contributed by atoms with Gasteiger partial charge in [0.15, 0.2) is 0 Å². The normalized spacial score (nSPS) is 12.6. The molecular weight excluding hydrogens is 971 g/mol. The summed E-state index contributed by atoms with van der Waals surface area (Å²) >= 11 is 0. The molecule has 0 spiro atoms. The molecule has 0 bridgehead atoms. The van der Waals surface area contributed by atoms with Crippen LogP contribution in [0.1, 0.15) is 406 Å². The van der Waals surface area contributed by atoms with Gasteiger partial charge in [0, 0.05) is 12.8 Å². The van der Waals surface area contributed by atoms with E-state index in [2.05, 4.69) is 31.3 Å². The second kappa shape index (κ2) is 68.8. The van der Waals surface area contributed by atoms with Gasteiger partial charge in [-0.25, -0.2) is 0 Å². The summed E-state index contributed by atoms with van der Waals surface area (Å²) in [5.41, 5.74) is 0. The monoisotopic (exact) mass is 1110 g/mol. The molecule has 0 aromatic heterocycles. The molecule has 0 aromatic rings. The Hall–Kier alpha value is -1.66. The minimum absolute atomic E-state index is 0.0173. The van der Waals surface area contributed by atoms with Crippen LogP contribution in [0.5, 0.6) is 0 Å². The van der Waals surface area contributed by atoms with Gasteiger partial charge in [-0.3, -0.25) is 9.59 Å². The van der Waals surface area contributed by atoms with Crippen LogP contribution in [0.3, 0.4) is 0 Å². The first-order valence-electron chi connectivity index (χ1n) is 36.1.